The third kappa shape index (κ3) is 2.69. The minimum Gasteiger partial charge on any atom is -0.294 e. The molecule has 2 fully saturated rings. The zero-order valence-electron chi connectivity index (χ0n) is 10.6. The molecule has 3 rings (SSSR count). The van der Waals surface area contributed by atoms with E-state index >= 15 is 0 Å². The van der Waals surface area contributed by atoms with Crippen molar-refractivity contribution < 1.29 is 13.6 Å². The zero-order valence-corrected chi connectivity index (χ0v) is 11.4. The summed E-state index contributed by atoms with van der Waals surface area (Å²) < 4.78 is 26.6. The summed E-state index contributed by atoms with van der Waals surface area (Å²) in [5.41, 5.74) is 0.0522. The van der Waals surface area contributed by atoms with Crippen molar-refractivity contribution in [1.82, 2.24) is 0 Å². The van der Waals surface area contributed by atoms with Crippen LogP contribution in [0.1, 0.15) is 42.5 Å². The number of ketones is 1. The lowest BCUT2D eigenvalue weighted by atomic mass is 9.84. The number of halogens is 2. The third-order valence-electron chi connectivity index (χ3n) is 4.10. The van der Waals surface area contributed by atoms with Crippen LogP contribution in [0.25, 0.3) is 0 Å². The van der Waals surface area contributed by atoms with Crippen molar-refractivity contribution >= 4 is 17.5 Å². The van der Waals surface area contributed by atoms with Gasteiger partial charge >= 0.3 is 0 Å². The fraction of sp³-hybridized carbons (Fsp3) is 0.533. The molecule has 2 atom stereocenters. The fourth-order valence-corrected chi connectivity index (χ4v) is 5.02. The lowest BCUT2D eigenvalue weighted by Crippen LogP contribution is -2.33. The van der Waals surface area contributed by atoms with Crippen LogP contribution in [0, 0.1) is 17.6 Å². The normalized spacial score (nSPS) is 30.1. The molecule has 2 saturated heterocycles. The molecule has 0 aliphatic carbocycles. The van der Waals surface area contributed by atoms with Crippen LogP contribution in [0.5, 0.6) is 0 Å². The van der Waals surface area contributed by atoms with E-state index in [0.717, 1.165) is 37.8 Å². The predicted molar refractivity (Wildman–Crippen MR) is 72.4 cm³/mol. The van der Waals surface area contributed by atoms with Crippen molar-refractivity contribution in [2.24, 2.45) is 5.92 Å². The number of fused-ring (bicyclic) bond motifs is 2. The van der Waals surface area contributed by atoms with Gasteiger partial charge in [-0.25, -0.2) is 8.78 Å². The fourth-order valence-electron chi connectivity index (χ4n) is 3.18. The number of carbonyl (C=O) groups is 1. The van der Waals surface area contributed by atoms with Crippen LogP contribution < -0.4 is 0 Å². The van der Waals surface area contributed by atoms with Gasteiger partial charge in [0, 0.05) is 22.5 Å². The number of thioether (sulfide) groups is 1. The molecule has 0 aromatic heterocycles. The van der Waals surface area contributed by atoms with Gasteiger partial charge in [-0.1, -0.05) is 6.42 Å². The first-order valence-corrected chi connectivity index (χ1v) is 7.72. The molecule has 102 valence electrons. The largest absolute Gasteiger partial charge is 0.294 e. The van der Waals surface area contributed by atoms with Crippen LogP contribution in [0.2, 0.25) is 0 Å². The van der Waals surface area contributed by atoms with Gasteiger partial charge in [0.1, 0.15) is 11.6 Å². The second-order valence-electron chi connectivity index (χ2n) is 5.47. The minimum absolute atomic E-state index is 0.0522. The lowest BCUT2D eigenvalue weighted by molar-refractivity contribution is 0.0892. The number of Topliss-reactive ketones (excluding diaryl/α,β-unsaturated/α-hetero) is 1. The molecule has 2 aliphatic rings. The van der Waals surface area contributed by atoms with Gasteiger partial charge in [0.25, 0.3) is 0 Å². The highest BCUT2D eigenvalue weighted by molar-refractivity contribution is 8.00. The molecule has 2 aliphatic heterocycles. The maximum absolute atomic E-state index is 13.7. The van der Waals surface area contributed by atoms with Crippen molar-refractivity contribution in [2.75, 3.05) is 0 Å². The topological polar surface area (TPSA) is 17.1 Å². The molecule has 0 amide bonds. The first-order valence-electron chi connectivity index (χ1n) is 6.78. The van der Waals surface area contributed by atoms with Crippen LogP contribution in [-0.2, 0) is 0 Å². The van der Waals surface area contributed by atoms with Crippen molar-refractivity contribution in [3.05, 3.63) is 35.4 Å². The molecule has 2 bridgehead atoms. The number of benzene rings is 1. The summed E-state index contributed by atoms with van der Waals surface area (Å²) in [6, 6.07) is 3.24. The molecule has 4 heteroatoms. The van der Waals surface area contributed by atoms with Crippen molar-refractivity contribution in [3.8, 4) is 0 Å². The van der Waals surface area contributed by atoms with Gasteiger partial charge in [-0.05, 0) is 37.8 Å². The van der Waals surface area contributed by atoms with Gasteiger partial charge < -0.3 is 0 Å². The van der Waals surface area contributed by atoms with Gasteiger partial charge in [-0.3, -0.25) is 4.79 Å². The van der Waals surface area contributed by atoms with E-state index in [2.05, 4.69) is 0 Å². The summed E-state index contributed by atoms with van der Waals surface area (Å²) >= 11 is 1.99. The predicted octanol–water partition coefficient (Wildman–Crippen LogP) is 4.21. The minimum atomic E-state index is -0.728. The smallest absolute Gasteiger partial charge is 0.168 e. The Bertz CT molecular complexity index is 491. The molecule has 0 saturated carbocycles. The number of hydrogen-bond acceptors (Lipinski definition) is 2. The molecule has 0 N–H and O–H groups in total. The van der Waals surface area contributed by atoms with E-state index in [1.165, 1.54) is 12.5 Å². The summed E-state index contributed by atoms with van der Waals surface area (Å²) in [5, 5.41) is 1.09. The van der Waals surface area contributed by atoms with E-state index in [0.29, 0.717) is 10.5 Å². The number of hydrogen-bond donors (Lipinski definition) is 0. The van der Waals surface area contributed by atoms with Crippen molar-refractivity contribution in [2.45, 2.75) is 42.6 Å². The highest BCUT2D eigenvalue weighted by Gasteiger charge is 2.36. The average molecular weight is 282 g/mol. The van der Waals surface area contributed by atoms with E-state index in [1.807, 2.05) is 11.8 Å². The molecule has 0 radical (unpaired) electrons. The van der Waals surface area contributed by atoms with E-state index < -0.39 is 11.6 Å². The van der Waals surface area contributed by atoms with E-state index in [1.54, 1.807) is 0 Å². The Balaban J connectivity index is 1.80. The highest BCUT2D eigenvalue weighted by atomic mass is 32.2. The van der Waals surface area contributed by atoms with Gasteiger partial charge in [0.05, 0.1) is 5.56 Å². The van der Waals surface area contributed by atoms with Crippen LogP contribution >= 0.6 is 11.8 Å². The van der Waals surface area contributed by atoms with Gasteiger partial charge in [0.15, 0.2) is 5.78 Å². The van der Waals surface area contributed by atoms with Crippen molar-refractivity contribution in [1.29, 1.82) is 0 Å². The summed E-state index contributed by atoms with van der Waals surface area (Å²) in [7, 11) is 0. The molecular weight excluding hydrogens is 266 g/mol. The molecule has 0 spiro atoms. The summed E-state index contributed by atoms with van der Waals surface area (Å²) in [6.07, 6.45) is 5.26. The summed E-state index contributed by atoms with van der Waals surface area (Å²) in [5.74, 6) is -1.59. The zero-order chi connectivity index (χ0) is 13.4. The number of carbonyl (C=O) groups excluding carboxylic acids is 1. The van der Waals surface area contributed by atoms with E-state index in [9.17, 15) is 13.6 Å². The Kier molecular flexibility index (Phi) is 3.61. The monoisotopic (exact) mass is 282 g/mol. The maximum atomic E-state index is 13.7. The first kappa shape index (κ1) is 13.1. The summed E-state index contributed by atoms with van der Waals surface area (Å²) in [6.45, 7) is 0. The summed E-state index contributed by atoms with van der Waals surface area (Å²) in [4.78, 5) is 12.4. The van der Waals surface area contributed by atoms with Crippen LogP contribution in [0.4, 0.5) is 8.78 Å². The Morgan fingerprint density at radius 3 is 2.47 bits per heavy atom. The Hall–Kier alpha value is -0.900. The molecule has 1 nitrogen and oxygen atoms in total. The highest BCUT2D eigenvalue weighted by Crippen LogP contribution is 2.44. The quantitative estimate of drug-likeness (QED) is 0.756. The Morgan fingerprint density at radius 2 is 1.84 bits per heavy atom. The standard InChI is InChI=1S/C15H16F2OS/c16-10-4-5-13(14(17)8-10)15(18)9-6-11-2-1-3-12(7-9)19-11/h4-5,8-9,11-12H,1-3,6-7H2. The van der Waals surface area contributed by atoms with E-state index in [-0.39, 0.29) is 17.3 Å². The second-order valence-corrected chi connectivity index (χ2v) is 7.07. The van der Waals surface area contributed by atoms with Crippen molar-refractivity contribution in [3.63, 3.8) is 0 Å². The van der Waals surface area contributed by atoms with Crippen LogP contribution in [0.3, 0.4) is 0 Å². The van der Waals surface area contributed by atoms with Gasteiger partial charge in [-0.2, -0.15) is 11.8 Å². The molecular formula is C15H16F2OS. The van der Waals surface area contributed by atoms with Gasteiger partial charge in [0.2, 0.25) is 0 Å². The van der Waals surface area contributed by atoms with Crippen LogP contribution in [-0.4, -0.2) is 16.3 Å². The SMILES string of the molecule is O=C(c1ccc(F)cc1F)C1CC2CCCC(C1)S2. The number of rotatable bonds is 2. The van der Waals surface area contributed by atoms with Gasteiger partial charge in [-0.15, -0.1) is 0 Å². The van der Waals surface area contributed by atoms with E-state index in [4.69, 9.17) is 0 Å². The average Bonchev–Trinajstić information content (AvgIpc) is 2.37. The lowest BCUT2D eigenvalue weighted by Gasteiger charge is -2.37. The Morgan fingerprint density at radius 1 is 1.16 bits per heavy atom. The molecule has 1 aromatic carbocycles. The molecule has 19 heavy (non-hydrogen) atoms. The first-order chi connectivity index (χ1) is 9.13. The third-order valence-corrected chi connectivity index (χ3v) is 5.73. The maximum Gasteiger partial charge on any atom is 0.168 e. The molecule has 2 unspecified atom stereocenters. The van der Waals surface area contributed by atoms with Crippen LogP contribution in [0.15, 0.2) is 18.2 Å². The molecule has 1 aromatic rings. The second kappa shape index (κ2) is 5.23. The Labute approximate surface area is 115 Å². The molecule has 2 heterocycles.